The van der Waals surface area contributed by atoms with Crippen molar-refractivity contribution in [3.63, 3.8) is 0 Å². The number of nitrogens with zero attached hydrogens (tertiary/aromatic N) is 2. The van der Waals surface area contributed by atoms with E-state index in [4.69, 9.17) is 11.6 Å². The van der Waals surface area contributed by atoms with Crippen molar-refractivity contribution in [1.29, 1.82) is 0 Å². The number of anilines is 1. The molecule has 0 radical (unpaired) electrons. The molecule has 0 atom stereocenters. The highest BCUT2D eigenvalue weighted by Gasteiger charge is 2.26. The van der Waals surface area contributed by atoms with Crippen LogP contribution in [0.1, 0.15) is 15.9 Å². The van der Waals surface area contributed by atoms with Crippen molar-refractivity contribution in [2.24, 2.45) is 0 Å². The Bertz CT molecular complexity index is 612. The zero-order valence-corrected chi connectivity index (χ0v) is 10.4. The number of halogens is 1. The second-order valence-electron chi connectivity index (χ2n) is 4.19. The van der Waals surface area contributed by atoms with Gasteiger partial charge in [-0.1, -0.05) is 23.7 Å². The first-order chi connectivity index (χ1) is 8.77. The topological polar surface area (TPSA) is 33.2 Å². The van der Waals surface area contributed by atoms with Crippen molar-refractivity contribution >= 4 is 23.2 Å². The number of aromatic nitrogens is 1. The van der Waals surface area contributed by atoms with Gasteiger partial charge < -0.3 is 4.90 Å². The molecule has 0 unspecified atom stereocenters. The summed E-state index contributed by atoms with van der Waals surface area (Å²) in [5.41, 5.74) is 2.59. The van der Waals surface area contributed by atoms with Crippen molar-refractivity contribution < 1.29 is 4.79 Å². The van der Waals surface area contributed by atoms with E-state index in [0.717, 1.165) is 17.7 Å². The van der Waals surface area contributed by atoms with E-state index in [1.807, 2.05) is 18.2 Å². The van der Waals surface area contributed by atoms with E-state index >= 15 is 0 Å². The molecule has 0 N–H and O–H groups in total. The molecule has 0 spiro atoms. The van der Waals surface area contributed by atoms with Crippen LogP contribution in [-0.2, 0) is 6.42 Å². The second-order valence-corrected chi connectivity index (χ2v) is 4.60. The van der Waals surface area contributed by atoms with Gasteiger partial charge in [0.25, 0.3) is 5.91 Å². The fourth-order valence-corrected chi connectivity index (χ4v) is 2.43. The van der Waals surface area contributed by atoms with Crippen LogP contribution in [0.3, 0.4) is 0 Å². The van der Waals surface area contributed by atoms with E-state index in [2.05, 4.69) is 4.98 Å². The SMILES string of the molecule is O=C(c1ccccc1Cl)N1CCc2ccncc21. The molecule has 90 valence electrons. The van der Waals surface area contributed by atoms with Gasteiger partial charge in [-0.25, -0.2) is 0 Å². The van der Waals surface area contributed by atoms with Crippen LogP contribution in [0.2, 0.25) is 5.02 Å². The van der Waals surface area contributed by atoms with E-state index in [0.29, 0.717) is 17.1 Å². The lowest BCUT2D eigenvalue weighted by Gasteiger charge is -2.17. The lowest BCUT2D eigenvalue weighted by Crippen LogP contribution is -2.29. The van der Waals surface area contributed by atoms with Gasteiger partial charge in [0.1, 0.15) is 0 Å². The summed E-state index contributed by atoms with van der Waals surface area (Å²) in [6.45, 7) is 0.686. The van der Waals surface area contributed by atoms with Gasteiger partial charge in [-0.15, -0.1) is 0 Å². The van der Waals surface area contributed by atoms with Crippen molar-refractivity contribution in [1.82, 2.24) is 4.98 Å². The normalized spacial score (nSPS) is 13.5. The molecule has 2 aromatic rings. The van der Waals surface area contributed by atoms with Crippen molar-refractivity contribution in [2.75, 3.05) is 11.4 Å². The van der Waals surface area contributed by atoms with E-state index in [1.54, 1.807) is 29.4 Å². The molecule has 4 heteroatoms. The molecule has 1 amide bonds. The van der Waals surface area contributed by atoms with Crippen LogP contribution in [0.5, 0.6) is 0 Å². The first-order valence-corrected chi connectivity index (χ1v) is 6.14. The minimum absolute atomic E-state index is 0.0626. The van der Waals surface area contributed by atoms with Gasteiger partial charge in [0, 0.05) is 12.7 Å². The van der Waals surface area contributed by atoms with Crippen molar-refractivity contribution in [2.45, 2.75) is 6.42 Å². The molecule has 1 aliphatic heterocycles. The Morgan fingerprint density at radius 2 is 2.11 bits per heavy atom. The maximum atomic E-state index is 12.4. The lowest BCUT2D eigenvalue weighted by molar-refractivity contribution is 0.0989. The van der Waals surface area contributed by atoms with E-state index in [9.17, 15) is 4.79 Å². The Morgan fingerprint density at radius 1 is 1.28 bits per heavy atom. The number of fused-ring (bicyclic) bond motifs is 1. The van der Waals surface area contributed by atoms with Gasteiger partial charge >= 0.3 is 0 Å². The zero-order chi connectivity index (χ0) is 12.5. The van der Waals surface area contributed by atoms with Gasteiger partial charge in [0.05, 0.1) is 22.5 Å². The number of carbonyl (C=O) groups is 1. The summed E-state index contributed by atoms with van der Waals surface area (Å²) in [5, 5.41) is 0.486. The fraction of sp³-hybridized carbons (Fsp3) is 0.143. The smallest absolute Gasteiger partial charge is 0.259 e. The van der Waals surface area contributed by atoms with Crippen molar-refractivity contribution in [3.05, 3.63) is 58.9 Å². The molecule has 3 rings (SSSR count). The first-order valence-electron chi connectivity index (χ1n) is 5.76. The van der Waals surface area contributed by atoms with Gasteiger partial charge in [-0.3, -0.25) is 9.78 Å². The Labute approximate surface area is 110 Å². The molecule has 0 fully saturated rings. The summed E-state index contributed by atoms with van der Waals surface area (Å²) in [6, 6.07) is 9.07. The molecular formula is C14H11ClN2O. The Hall–Kier alpha value is -1.87. The largest absolute Gasteiger partial charge is 0.306 e. The molecular weight excluding hydrogens is 248 g/mol. The van der Waals surface area contributed by atoms with Gasteiger partial charge in [-0.2, -0.15) is 0 Å². The minimum Gasteiger partial charge on any atom is -0.306 e. The monoisotopic (exact) mass is 258 g/mol. The number of pyridine rings is 1. The fourth-order valence-electron chi connectivity index (χ4n) is 2.21. The average molecular weight is 259 g/mol. The highest BCUT2D eigenvalue weighted by Crippen LogP contribution is 2.29. The molecule has 2 heterocycles. The molecule has 0 saturated carbocycles. The summed E-state index contributed by atoms with van der Waals surface area (Å²) in [7, 11) is 0. The maximum Gasteiger partial charge on any atom is 0.259 e. The number of amides is 1. The van der Waals surface area contributed by atoms with Crippen molar-refractivity contribution in [3.8, 4) is 0 Å². The van der Waals surface area contributed by atoms with E-state index < -0.39 is 0 Å². The number of carbonyl (C=O) groups excluding carboxylic acids is 1. The van der Waals surface area contributed by atoms with Gasteiger partial charge in [0.2, 0.25) is 0 Å². The third-order valence-electron chi connectivity index (χ3n) is 3.13. The number of hydrogen-bond donors (Lipinski definition) is 0. The van der Waals surface area contributed by atoms with Crippen LogP contribution in [0, 0.1) is 0 Å². The molecule has 0 saturated heterocycles. The Morgan fingerprint density at radius 3 is 2.94 bits per heavy atom. The standard InChI is InChI=1S/C14H11ClN2O/c15-12-4-2-1-3-11(12)14(18)17-8-6-10-5-7-16-9-13(10)17/h1-5,7,9H,6,8H2. The third-order valence-corrected chi connectivity index (χ3v) is 3.46. The zero-order valence-electron chi connectivity index (χ0n) is 9.64. The van der Waals surface area contributed by atoms with E-state index in [-0.39, 0.29) is 5.91 Å². The summed E-state index contributed by atoms with van der Waals surface area (Å²) in [6.07, 6.45) is 4.35. The molecule has 1 aromatic carbocycles. The Kier molecular flexibility index (Phi) is 2.76. The van der Waals surface area contributed by atoms with Gasteiger partial charge in [0.15, 0.2) is 0 Å². The number of hydrogen-bond acceptors (Lipinski definition) is 2. The van der Waals surface area contributed by atoms with Crippen LogP contribution in [0.15, 0.2) is 42.7 Å². The molecule has 1 aliphatic rings. The predicted octanol–water partition coefficient (Wildman–Crippen LogP) is 2.94. The van der Waals surface area contributed by atoms with E-state index in [1.165, 1.54) is 0 Å². The van der Waals surface area contributed by atoms with Gasteiger partial charge in [-0.05, 0) is 30.2 Å². The second kappa shape index (κ2) is 4.42. The lowest BCUT2D eigenvalue weighted by atomic mass is 10.2. The average Bonchev–Trinajstić information content (AvgIpc) is 2.82. The minimum atomic E-state index is -0.0626. The number of benzene rings is 1. The predicted molar refractivity (Wildman–Crippen MR) is 71.1 cm³/mol. The van der Waals surface area contributed by atoms with Crippen LogP contribution in [0.4, 0.5) is 5.69 Å². The molecule has 0 bridgehead atoms. The first kappa shape index (κ1) is 11.2. The Balaban J connectivity index is 1.99. The van der Waals surface area contributed by atoms with Crippen LogP contribution in [0.25, 0.3) is 0 Å². The quantitative estimate of drug-likeness (QED) is 0.788. The summed E-state index contributed by atoms with van der Waals surface area (Å²) < 4.78 is 0. The molecule has 0 aliphatic carbocycles. The highest BCUT2D eigenvalue weighted by atomic mass is 35.5. The summed E-state index contributed by atoms with van der Waals surface area (Å²) in [5.74, 6) is -0.0626. The molecule has 1 aromatic heterocycles. The summed E-state index contributed by atoms with van der Waals surface area (Å²) in [4.78, 5) is 18.3. The molecule has 3 nitrogen and oxygen atoms in total. The highest BCUT2D eigenvalue weighted by molar-refractivity contribution is 6.34. The summed E-state index contributed by atoms with van der Waals surface area (Å²) >= 11 is 6.06. The molecule has 18 heavy (non-hydrogen) atoms. The number of rotatable bonds is 1. The maximum absolute atomic E-state index is 12.4. The van der Waals surface area contributed by atoms with Crippen LogP contribution in [-0.4, -0.2) is 17.4 Å². The van der Waals surface area contributed by atoms with Crippen LogP contribution < -0.4 is 4.90 Å². The van der Waals surface area contributed by atoms with Crippen LogP contribution >= 0.6 is 11.6 Å². The third kappa shape index (κ3) is 1.77.